The Morgan fingerprint density at radius 3 is 3.21 bits per heavy atom. The van der Waals surface area contributed by atoms with Crippen molar-refractivity contribution in [3.8, 4) is 0 Å². The van der Waals surface area contributed by atoms with Crippen LogP contribution in [-0.2, 0) is 4.74 Å². The van der Waals surface area contributed by atoms with Gasteiger partial charge in [0.1, 0.15) is 5.82 Å². The van der Waals surface area contributed by atoms with E-state index in [2.05, 4.69) is 10.2 Å². The molecule has 4 heteroatoms. The highest BCUT2D eigenvalue weighted by Crippen LogP contribution is 2.29. The standard InChI is InChI=1S/C15H21FN2O/c16-12-3-1-4-13(11-12)17-7-8-18-9-10-19-15-6-2-5-14(15)18/h1,3-4,11,14-15,17H,2,5-10H2. The van der Waals surface area contributed by atoms with Gasteiger partial charge in [-0.3, -0.25) is 4.90 Å². The van der Waals surface area contributed by atoms with Gasteiger partial charge in [0.25, 0.3) is 0 Å². The molecule has 1 saturated heterocycles. The van der Waals surface area contributed by atoms with Crippen LogP contribution >= 0.6 is 0 Å². The van der Waals surface area contributed by atoms with Crippen LogP contribution in [0.3, 0.4) is 0 Å². The molecule has 0 spiro atoms. The van der Waals surface area contributed by atoms with Crippen LogP contribution in [0, 0.1) is 5.82 Å². The van der Waals surface area contributed by atoms with Crippen LogP contribution in [0.4, 0.5) is 10.1 Å². The average molecular weight is 264 g/mol. The topological polar surface area (TPSA) is 24.5 Å². The molecule has 1 aliphatic carbocycles. The highest BCUT2D eigenvalue weighted by Gasteiger charge is 2.35. The third-order valence-corrected chi connectivity index (χ3v) is 4.15. The first-order chi connectivity index (χ1) is 9.33. The number of ether oxygens (including phenoxy) is 1. The van der Waals surface area contributed by atoms with Crippen molar-refractivity contribution < 1.29 is 9.13 Å². The number of nitrogens with one attached hydrogen (secondary N) is 1. The van der Waals surface area contributed by atoms with E-state index in [1.165, 1.54) is 31.4 Å². The van der Waals surface area contributed by atoms with Gasteiger partial charge in [0.15, 0.2) is 0 Å². The van der Waals surface area contributed by atoms with Crippen molar-refractivity contribution in [2.45, 2.75) is 31.4 Å². The molecule has 2 aliphatic rings. The zero-order chi connectivity index (χ0) is 13.1. The highest BCUT2D eigenvalue weighted by molar-refractivity contribution is 5.42. The number of hydrogen-bond acceptors (Lipinski definition) is 3. The molecule has 19 heavy (non-hydrogen) atoms. The molecule has 1 N–H and O–H groups in total. The summed E-state index contributed by atoms with van der Waals surface area (Å²) in [5.74, 6) is -0.188. The number of halogens is 1. The molecular formula is C15H21FN2O. The summed E-state index contributed by atoms with van der Waals surface area (Å²) in [6, 6.07) is 7.25. The van der Waals surface area contributed by atoms with Gasteiger partial charge in [0.05, 0.1) is 12.7 Å². The molecule has 104 valence electrons. The van der Waals surface area contributed by atoms with E-state index in [0.29, 0.717) is 12.1 Å². The van der Waals surface area contributed by atoms with E-state index in [1.807, 2.05) is 6.07 Å². The molecule has 1 saturated carbocycles. The van der Waals surface area contributed by atoms with Crippen molar-refractivity contribution in [1.82, 2.24) is 4.90 Å². The van der Waals surface area contributed by atoms with Crippen LogP contribution in [0.25, 0.3) is 0 Å². The Hall–Kier alpha value is -1.13. The molecule has 0 aromatic heterocycles. The minimum absolute atomic E-state index is 0.188. The maximum Gasteiger partial charge on any atom is 0.125 e. The van der Waals surface area contributed by atoms with Crippen LogP contribution in [0.1, 0.15) is 19.3 Å². The number of rotatable bonds is 4. The molecule has 1 aromatic carbocycles. The Morgan fingerprint density at radius 2 is 2.32 bits per heavy atom. The number of anilines is 1. The smallest absolute Gasteiger partial charge is 0.125 e. The maximum absolute atomic E-state index is 13.1. The lowest BCUT2D eigenvalue weighted by Gasteiger charge is -2.37. The summed E-state index contributed by atoms with van der Waals surface area (Å²) in [7, 11) is 0. The van der Waals surface area contributed by atoms with E-state index in [0.717, 1.165) is 31.9 Å². The fraction of sp³-hybridized carbons (Fsp3) is 0.600. The molecule has 2 unspecified atom stereocenters. The number of benzene rings is 1. The number of morpholine rings is 1. The molecule has 0 bridgehead atoms. The highest BCUT2D eigenvalue weighted by atomic mass is 19.1. The second kappa shape index (κ2) is 5.88. The van der Waals surface area contributed by atoms with Gasteiger partial charge in [-0.25, -0.2) is 4.39 Å². The zero-order valence-corrected chi connectivity index (χ0v) is 11.1. The Kier molecular flexibility index (Phi) is 3.99. The van der Waals surface area contributed by atoms with Gasteiger partial charge in [-0.15, -0.1) is 0 Å². The lowest BCUT2D eigenvalue weighted by molar-refractivity contribution is -0.0539. The monoisotopic (exact) mass is 264 g/mol. The van der Waals surface area contributed by atoms with Gasteiger partial charge in [0.2, 0.25) is 0 Å². The minimum Gasteiger partial charge on any atom is -0.384 e. The van der Waals surface area contributed by atoms with E-state index < -0.39 is 0 Å². The lowest BCUT2D eigenvalue weighted by atomic mass is 10.1. The number of fused-ring (bicyclic) bond motifs is 1. The van der Waals surface area contributed by atoms with Crippen molar-refractivity contribution >= 4 is 5.69 Å². The van der Waals surface area contributed by atoms with E-state index in [4.69, 9.17) is 4.74 Å². The summed E-state index contributed by atoms with van der Waals surface area (Å²) in [6.07, 6.45) is 4.19. The lowest BCUT2D eigenvalue weighted by Crippen LogP contribution is -2.49. The second-order valence-corrected chi connectivity index (χ2v) is 5.38. The van der Waals surface area contributed by atoms with Gasteiger partial charge in [-0.05, 0) is 37.5 Å². The third-order valence-electron chi connectivity index (χ3n) is 4.15. The molecule has 3 rings (SSSR count). The molecule has 1 heterocycles. The first-order valence-corrected chi connectivity index (χ1v) is 7.18. The van der Waals surface area contributed by atoms with Crippen molar-refractivity contribution in [3.63, 3.8) is 0 Å². The summed E-state index contributed by atoms with van der Waals surface area (Å²) in [5.41, 5.74) is 0.858. The third kappa shape index (κ3) is 3.07. The molecular weight excluding hydrogens is 243 g/mol. The van der Waals surface area contributed by atoms with Gasteiger partial charge in [-0.2, -0.15) is 0 Å². The zero-order valence-electron chi connectivity index (χ0n) is 11.1. The van der Waals surface area contributed by atoms with Crippen molar-refractivity contribution in [3.05, 3.63) is 30.1 Å². The van der Waals surface area contributed by atoms with Gasteiger partial charge in [-0.1, -0.05) is 6.07 Å². The van der Waals surface area contributed by atoms with Gasteiger partial charge >= 0.3 is 0 Å². The number of hydrogen-bond donors (Lipinski definition) is 1. The Morgan fingerprint density at radius 1 is 1.37 bits per heavy atom. The van der Waals surface area contributed by atoms with E-state index in [9.17, 15) is 4.39 Å². The SMILES string of the molecule is Fc1cccc(NCCN2CCOC3CCCC32)c1. The van der Waals surface area contributed by atoms with Crippen molar-refractivity contribution in [1.29, 1.82) is 0 Å². The van der Waals surface area contributed by atoms with Crippen LogP contribution < -0.4 is 5.32 Å². The summed E-state index contributed by atoms with van der Waals surface area (Å²) in [5, 5.41) is 3.29. The number of nitrogens with zero attached hydrogens (tertiary/aromatic N) is 1. The van der Waals surface area contributed by atoms with Crippen LogP contribution in [-0.4, -0.2) is 43.3 Å². The summed E-state index contributed by atoms with van der Waals surface area (Å²) in [4.78, 5) is 2.52. The molecule has 1 aliphatic heterocycles. The fourth-order valence-corrected chi connectivity index (χ4v) is 3.23. The Bertz CT molecular complexity index is 426. The maximum atomic E-state index is 13.1. The van der Waals surface area contributed by atoms with Gasteiger partial charge in [0, 0.05) is 31.4 Å². The minimum atomic E-state index is -0.188. The largest absolute Gasteiger partial charge is 0.384 e. The average Bonchev–Trinajstić information content (AvgIpc) is 2.88. The second-order valence-electron chi connectivity index (χ2n) is 5.38. The fourth-order valence-electron chi connectivity index (χ4n) is 3.23. The first-order valence-electron chi connectivity index (χ1n) is 7.18. The molecule has 2 atom stereocenters. The Labute approximate surface area is 113 Å². The van der Waals surface area contributed by atoms with Crippen LogP contribution in [0.2, 0.25) is 0 Å². The molecule has 3 nitrogen and oxygen atoms in total. The first kappa shape index (κ1) is 12.9. The summed E-state index contributed by atoms with van der Waals surface area (Å²) in [6.45, 7) is 3.72. The van der Waals surface area contributed by atoms with Crippen LogP contribution in [0.15, 0.2) is 24.3 Å². The molecule has 0 radical (unpaired) electrons. The summed E-state index contributed by atoms with van der Waals surface area (Å²) >= 11 is 0. The molecule has 1 aromatic rings. The predicted molar refractivity (Wildman–Crippen MR) is 73.8 cm³/mol. The Balaban J connectivity index is 1.49. The van der Waals surface area contributed by atoms with Crippen molar-refractivity contribution in [2.75, 3.05) is 31.6 Å². The summed E-state index contributed by atoms with van der Waals surface area (Å²) < 4.78 is 18.9. The van der Waals surface area contributed by atoms with E-state index in [1.54, 1.807) is 6.07 Å². The van der Waals surface area contributed by atoms with Crippen LogP contribution in [0.5, 0.6) is 0 Å². The van der Waals surface area contributed by atoms with E-state index >= 15 is 0 Å². The normalized spacial score (nSPS) is 27.2. The molecule has 0 amide bonds. The van der Waals surface area contributed by atoms with Crippen molar-refractivity contribution in [2.24, 2.45) is 0 Å². The molecule has 2 fully saturated rings. The predicted octanol–water partition coefficient (Wildman–Crippen LogP) is 2.49. The van der Waals surface area contributed by atoms with Gasteiger partial charge < -0.3 is 10.1 Å². The quantitative estimate of drug-likeness (QED) is 0.904. The van der Waals surface area contributed by atoms with E-state index in [-0.39, 0.29) is 5.82 Å².